The van der Waals surface area contributed by atoms with E-state index in [1.54, 1.807) is 6.20 Å². The van der Waals surface area contributed by atoms with Gasteiger partial charge in [-0.25, -0.2) is 4.98 Å². The van der Waals surface area contributed by atoms with Gasteiger partial charge in [0.05, 0.1) is 17.9 Å². The zero-order chi connectivity index (χ0) is 13.4. The first-order valence-electron chi connectivity index (χ1n) is 6.77. The Morgan fingerprint density at radius 1 is 1.58 bits per heavy atom. The number of fused-ring (bicyclic) bond motifs is 1. The van der Waals surface area contributed by atoms with E-state index in [0.717, 1.165) is 37.1 Å². The zero-order valence-corrected chi connectivity index (χ0v) is 11.6. The molecule has 2 aliphatic rings. The average molecular weight is 281 g/mol. The number of nitrogens with one attached hydrogen (secondary N) is 1. The molecule has 1 fully saturated rings. The van der Waals surface area contributed by atoms with Crippen molar-refractivity contribution >= 4 is 29.4 Å². The van der Waals surface area contributed by atoms with Crippen LogP contribution in [0, 0.1) is 0 Å². The Kier molecular flexibility index (Phi) is 3.31. The molecule has 0 spiro atoms. The van der Waals surface area contributed by atoms with Gasteiger partial charge >= 0.3 is 0 Å². The van der Waals surface area contributed by atoms with Crippen LogP contribution in [-0.2, 0) is 4.79 Å². The van der Waals surface area contributed by atoms with Gasteiger partial charge in [-0.05, 0) is 37.3 Å². The van der Waals surface area contributed by atoms with E-state index in [1.165, 1.54) is 6.42 Å². The Morgan fingerprint density at radius 2 is 2.37 bits per heavy atom. The van der Waals surface area contributed by atoms with Crippen molar-refractivity contribution in [2.24, 2.45) is 0 Å². The van der Waals surface area contributed by atoms with Crippen LogP contribution in [0.25, 0.3) is 0 Å². The zero-order valence-electron chi connectivity index (χ0n) is 10.8. The Bertz CT molecular complexity index is 492. The lowest BCUT2D eigenvalue weighted by Crippen LogP contribution is -2.57. The molecule has 0 bridgehead atoms. The number of nitrogens with zero attached hydrogens (tertiary/aromatic N) is 3. The molecule has 5 nitrogen and oxygen atoms in total. The van der Waals surface area contributed by atoms with E-state index in [2.05, 4.69) is 27.1 Å². The Labute approximate surface area is 117 Å². The summed E-state index contributed by atoms with van der Waals surface area (Å²) in [5.74, 6) is 0.842. The number of anilines is 2. The molecule has 102 valence electrons. The standard InChI is InChI=1S/C13H17ClN4O/c1-2-11-10(7-19)16-9-6-15-13(14)17-12(9)18(11)8-4-3-5-8/h6-8,10-11,16H,2-5H2,1H3/t10?,11-/m1/s1. The van der Waals surface area contributed by atoms with Crippen molar-refractivity contribution < 1.29 is 4.79 Å². The first-order chi connectivity index (χ1) is 9.24. The Balaban J connectivity index is 2.05. The summed E-state index contributed by atoms with van der Waals surface area (Å²) in [4.78, 5) is 22.0. The summed E-state index contributed by atoms with van der Waals surface area (Å²) in [6, 6.07) is 0.406. The molecule has 0 radical (unpaired) electrons. The highest BCUT2D eigenvalue weighted by Crippen LogP contribution is 2.39. The monoisotopic (exact) mass is 280 g/mol. The third-order valence-electron chi connectivity index (χ3n) is 4.11. The summed E-state index contributed by atoms with van der Waals surface area (Å²) in [6.45, 7) is 2.10. The summed E-state index contributed by atoms with van der Waals surface area (Å²) in [7, 11) is 0. The van der Waals surface area contributed by atoms with Gasteiger partial charge in [0.15, 0.2) is 5.82 Å². The summed E-state index contributed by atoms with van der Waals surface area (Å²) < 4.78 is 0. The SMILES string of the molecule is CC[C@@H]1C(C=O)Nc2cnc(Cl)nc2N1C1CCC1. The van der Waals surface area contributed by atoms with Crippen LogP contribution in [0.15, 0.2) is 6.20 Å². The number of hydrogen-bond donors (Lipinski definition) is 1. The molecule has 1 unspecified atom stereocenters. The third-order valence-corrected chi connectivity index (χ3v) is 4.29. The van der Waals surface area contributed by atoms with Crippen LogP contribution in [0.1, 0.15) is 32.6 Å². The number of carbonyl (C=O) groups excluding carboxylic acids is 1. The molecule has 1 aliphatic heterocycles. The van der Waals surface area contributed by atoms with Crippen LogP contribution in [0.2, 0.25) is 5.28 Å². The van der Waals surface area contributed by atoms with Crippen molar-refractivity contribution in [1.29, 1.82) is 0 Å². The van der Waals surface area contributed by atoms with Crippen LogP contribution < -0.4 is 10.2 Å². The number of carbonyl (C=O) groups is 1. The smallest absolute Gasteiger partial charge is 0.224 e. The second kappa shape index (κ2) is 4.96. The van der Waals surface area contributed by atoms with Crippen LogP contribution in [0.4, 0.5) is 11.5 Å². The van der Waals surface area contributed by atoms with Gasteiger partial charge in [-0.1, -0.05) is 6.92 Å². The second-order valence-electron chi connectivity index (χ2n) is 5.15. The van der Waals surface area contributed by atoms with Crippen molar-refractivity contribution in [2.45, 2.75) is 50.7 Å². The first kappa shape index (κ1) is 12.7. The molecule has 1 aromatic rings. The van der Waals surface area contributed by atoms with Crippen molar-refractivity contribution in [3.05, 3.63) is 11.5 Å². The molecular weight excluding hydrogens is 264 g/mol. The molecule has 3 rings (SSSR count). The molecule has 0 aromatic carbocycles. The maximum absolute atomic E-state index is 11.3. The largest absolute Gasteiger partial charge is 0.370 e. The third kappa shape index (κ3) is 2.06. The number of halogens is 1. The number of aldehydes is 1. The van der Waals surface area contributed by atoms with Gasteiger partial charge in [0, 0.05) is 6.04 Å². The molecule has 2 atom stereocenters. The molecule has 1 N–H and O–H groups in total. The highest BCUT2D eigenvalue weighted by atomic mass is 35.5. The summed E-state index contributed by atoms with van der Waals surface area (Å²) in [5, 5.41) is 3.47. The van der Waals surface area contributed by atoms with Crippen LogP contribution >= 0.6 is 11.6 Å². The molecule has 19 heavy (non-hydrogen) atoms. The second-order valence-corrected chi connectivity index (χ2v) is 5.49. The predicted octanol–water partition coefficient (Wildman–Crippen LogP) is 2.26. The van der Waals surface area contributed by atoms with E-state index < -0.39 is 0 Å². The quantitative estimate of drug-likeness (QED) is 0.680. The minimum Gasteiger partial charge on any atom is -0.370 e. The average Bonchev–Trinajstić information content (AvgIpc) is 2.36. The highest BCUT2D eigenvalue weighted by molar-refractivity contribution is 6.28. The fourth-order valence-electron chi connectivity index (χ4n) is 2.94. The number of rotatable bonds is 3. The van der Waals surface area contributed by atoms with Gasteiger partial charge in [-0.3, -0.25) is 0 Å². The maximum atomic E-state index is 11.3. The van der Waals surface area contributed by atoms with Gasteiger partial charge in [0.1, 0.15) is 12.3 Å². The summed E-state index contributed by atoms with van der Waals surface area (Å²) >= 11 is 5.92. The summed E-state index contributed by atoms with van der Waals surface area (Å²) in [5.41, 5.74) is 0.804. The molecular formula is C13H17ClN4O. The molecule has 0 saturated heterocycles. The molecule has 1 aliphatic carbocycles. The van der Waals surface area contributed by atoms with Crippen molar-refractivity contribution in [3.63, 3.8) is 0 Å². The minimum atomic E-state index is -0.206. The first-order valence-corrected chi connectivity index (χ1v) is 7.15. The topological polar surface area (TPSA) is 58.1 Å². The van der Waals surface area contributed by atoms with Gasteiger partial charge in [-0.15, -0.1) is 0 Å². The van der Waals surface area contributed by atoms with Crippen LogP contribution in [0.5, 0.6) is 0 Å². The molecule has 1 saturated carbocycles. The fraction of sp³-hybridized carbons (Fsp3) is 0.615. The predicted molar refractivity (Wildman–Crippen MR) is 74.7 cm³/mol. The Morgan fingerprint density at radius 3 is 2.95 bits per heavy atom. The van der Waals surface area contributed by atoms with Crippen molar-refractivity contribution in [3.8, 4) is 0 Å². The normalized spacial score (nSPS) is 26.3. The lowest BCUT2D eigenvalue weighted by Gasteiger charge is -2.48. The number of hydrogen-bond acceptors (Lipinski definition) is 5. The molecule has 2 heterocycles. The van der Waals surface area contributed by atoms with E-state index in [-0.39, 0.29) is 17.4 Å². The van der Waals surface area contributed by atoms with E-state index >= 15 is 0 Å². The fourth-order valence-corrected chi connectivity index (χ4v) is 3.07. The van der Waals surface area contributed by atoms with E-state index in [1.807, 2.05) is 0 Å². The molecule has 6 heteroatoms. The number of aromatic nitrogens is 2. The Hall–Kier alpha value is -1.36. The van der Waals surface area contributed by atoms with Crippen molar-refractivity contribution in [2.75, 3.05) is 10.2 Å². The minimum absolute atomic E-state index is 0.140. The molecule has 0 amide bonds. The van der Waals surface area contributed by atoms with Gasteiger partial charge in [0.25, 0.3) is 0 Å². The van der Waals surface area contributed by atoms with Gasteiger partial charge in [0.2, 0.25) is 5.28 Å². The maximum Gasteiger partial charge on any atom is 0.224 e. The van der Waals surface area contributed by atoms with E-state index in [0.29, 0.717) is 6.04 Å². The lowest BCUT2D eigenvalue weighted by atomic mass is 9.87. The van der Waals surface area contributed by atoms with Gasteiger partial charge in [-0.2, -0.15) is 4.98 Å². The van der Waals surface area contributed by atoms with Crippen LogP contribution in [0.3, 0.4) is 0 Å². The summed E-state index contributed by atoms with van der Waals surface area (Å²) in [6.07, 6.45) is 7.10. The van der Waals surface area contributed by atoms with E-state index in [9.17, 15) is 4.79 Å². The van der Waals surface area contributed by atoms with Crippen LogP contribution in [-0.4, -0.2) is 34.4 Å². The van der Waals surface area contributed by atoms with Crippen molar-refractivity contribution in [1.82, 2.24) is 9.97 Å². The molecule has 1 aromatic heterocycles. The van der Waals surface area contributed by atoms with Gasteiger partial charge < -0.3 is 15.0 Å². The highest BCUT2D eigenvalue weighted by Gasteiger charge is 2.39. The van der Waals surface area contributed by atoms with E-state index in [4.69, 9.17) is 11.6 Å². The lowest BCUT2D eigenvalue weighted by molar-refractivity contribution is -0.109.